The summed E-state index contributed by atoms with van der Waals surface area (Å²) in [5.74, 6) is -0.731. The van der Waals surface area contributed by atoms with Crippen LogP contribution in [0.25, 0.3) is 17.1 Å². The Morgan fingerprint density at radius 1 is 1.12 bits per heavy atom. The molecule has 0 radical (unpaired) electrons. The van der Waals surface area contributed by atoms with Crippen molar-refractivity contribution >= 4 is 35.3 Å². The van der Waals surface area contributed by atoms with Gasteiger partial charge in [-0.25, -0.2) is 4.79 Å². The number of nitrogens with two attached hydrogens (primary N) is 1. The van der Waals surface area contributed by atoms with E-state index < -0.39 is 28.9 Å². The van der Waals surface area contributed by atoms with Gasteiger partial charge in [-0.2, -0.15) is 13.2 Å². The lowest BCUT2D eigenvalue weighted by molar-refractivity contribution is -0.137. The number of benzene rings is 2. The number of rotatable bonds is 6. The molecule has 0 saturated heterocycles. The van der Waals surface area contributed by atoms with Gasteiger partial charge in [-0.15, -0.1) is 10.2 Å². The molecule has 1 aromatic heterocycles. The molecule has 0 bridgehead atoms. The highest BCUT2D eigenvalue weighted by Gasteiger charge is 2.32. The maximum Gasteiger partial charge on any atom is 0.416 e. The molecule has 7 nitrogen and oxygen atoms in total. The maximum absolute atomic E-state index is 13.4. The van der Waals surface area contributed by atoms with E-state index in [0.29, 0.717) is 10.6 Å². The second-order valence-corrected chi connectivity index (χ2v) is 8.82. The topological polar surface area (TPSA) is 103 Å². The first-order valence-electron chi connectivity index (χ1n) is 9.64. The standard InChI is InChI=1S/C21H19ClF3N5O2S/c1-11(2)16(18(31)27-19(26)32)33-20-29-28-17(14-8-3-4-9-15(14)22)30(20)13-7-5-6-12(10-13)21(23,24)25/h3-11,16H,1-2H3,(H3,26,27,31,32). The fourth-order valence-electron chi connectivity index (χ4n) is 3.02. The summed E-state index contributed by atoms with van der Waals surface area (Å²) in [6, 6.07) is 10.3. The number of alkyl halides is 3. The summed E-state index contributed by atoms with van der Waals surface area (Å²) < 4.78 is 41.5. The Hall–Kier alpha value is -3.05. The third-order valence-corrected chi connectivity index (χ3v) is 6.34. The van der Waals surface area contributed by atoms with Gasteiger partial charge in [-0.1, -0.05) is 55.4 Å². The summed E-state index contributed by atoms with van der Waals surface area (Å²) in [7, 11) is 0. The van der Waals surface area contributed by atoms with E-state index >= 15 is 0 Å². The summed E-state index contributed by atoms with van der Waals surface area (Å²) in [6.07, 6.45) is -4.57. The van der Waals surface area contributed by atoms with E-state index in [1.165, 1.54) is 16.7 Å². The smallest absolute Gasteiger partial charge is 0.351 e. The van der Waals surface area contributed by atoms with Gasteiger partial charge in [0.2, 0.25) is 5.91 Å². The molecule has 12 heteroatoms. The van der Waals surface area contributed by atoms with Gasteiger partial charge >= 0.3 is 12.2 Å². The first-order chi connectivity index (χ1) is 15.5. The van der Waals surface area contributed by atoms with Crippen LogP contribution in [-0.2, 0) is 11.0 Å². The van der Waals surface area contributed by atoms with Crippen molar-refractivity contribution in [2.75, 3.05) is 0 Å². The van der Waals surface area contributed by atoms with Crippen molar-refractivity contribution in [3.63, 3.8) is 0 Å². The van der Waals surface area contributed by atoms with Gasteiger partial charge in [0.1, 0.15) is 0 Å². The van der Waals surface area contributed by atoms with Crippen LogP contribution in [0.4, 0.5) is 18.0 Å². The van der Waals surface area contributed by atoms with Crippen molar-refractivity contribution in [2.24, 2.45) is 11.7 Å². The zero-order chi connectivity index (χ0) is 24.3. The molecule has 1 unspecified atom stereocenters. The van der Waals surface area contributed by atoms with Crippen LogP contribution in [-0.4, -0.2) is 32.0 Å². The molecule has 1 atom stereocenters. The lowest BCUT2D eigenvalue weighted by Gasteiger charge is -2.19. The molecular formula is C21H19ClF3N5O2S. The normalized spacial score (nSPS) is 12.6. The van der Waals surface area contributed by atoms with Crippen molar-refractivity contribution in [1.82, 2.24) is 20.1 Å². The summed E-state index contributed by atoms with van der Waals surface area (Å²) in [6.45, 7) is 3.50. The van der Waals surface area contributed by atoms with Gasteiger partial charge in [0.25, 0.3) is 0 Å². The van der Waals surface area contributed by atoms with E-state index in [1.807, 2.05) is 5.32 Å². The van der Waals surface area contributed by atoms with Crippen LogP contribution in [0.1, 0.15) is 19.4 Å². The van der Waals surface area contributed by atoms with Crippen LogP contribution in [0.15, 0.2) is 53.7 Å². The lowest BCUT2D eigenvalue weighted by Crippen LogP contribution is -2.42. The molecule has 174 valence electrons. The molecule has 0 aliphatic heterocycles. The lowest BCUT2D eigenvalue weighted by atomic mass is 10.1. The van der Waals surface area contributed by atoms with Crippen molar-refractivity contribution < 1.29 is 22.8 Å². The minimum absolute atomic E-state index is 0.130. The molecule has 0 spiro atoms. The van der Waals surface area contributed by atoms with Crippen LogP contribution in [0.2, 0.25) is 5.02 Å². The second-order valence-electron chi connectivity index (χ2n) is 7.31. The largest absolute Gasteiger partial charge is 0.416 e. The number of thioether (sulfide) groups is 1. The van der Waals surface area contributed by atoms with Gasteiger partial charge in [0, 0.05) is 5.56 Å². The monoisotopic (exact) mass is 497 g/mol. The number of nitrogens with one attached hydrogen (secondary N) is 1. The Balaban J connectivity index is 2.17. The predicted octanol–water partition coefficient (Wildman–Crippen LogP) is 4.92. The average Bonchev–Trinajstić information content (AvgIpc) is 3.14. The van der Waals surface area contributed by atoms with E-state index in [2.05, 4.69) is 10.2 Å². The Labute approximate surface area is 196 Å². The van der Waals surface area contributed by atoms with E-state index in [-0.39, 0.29) is 22.6 Å². The zero-order valence-electron chi connectivity index (χ0n) is 17.4. The molecule has 33 heavy (non-hydrogen) atoms. The highest BCUT2D eigenvalue weighted by molar-refractivity contribution is 8.00. The summed E-state index contributed by atoms with van der Waals surface area (Å²) in [5.41, 5.74) is 4.78. The predicted molar refractivity (Wildman–Crippen MR) is 119 cm³/mol. The van der Waals surface area contributed by atoms with E-state index in [9.17, 15) is 22.8 Å². The average molecular weight is 498 g/mol. The van der Waals surface area contributed by atoms with Gasteiger partial charge < -0.3 is 5.73 Å². The molecule has 0 fully saturated rings. The maximum atomic E-state index is 13.4. The molecule has 3 rings (SSSR count). The number of hydrogen-bond acceptors (Lipinski definition) is 5. The Kier molecular flexibility index (Phi) is 7.33. The number of hydrogen-bond donors (Lipinski definition) is 2. The number of carbonyl (C=O) groups excluding carboxylic acids is 2. The van der Waals surface area contributed by atoms with Gasteiger partial charge in [0.15, 0.2) is 11.0 Å². The third kappa shape index (κ3) is 5.66. The molecule has 3 N–H and O–H groups in total. The summed E-state index contributed by atoms with van der Waals surface area (Å²) in [4.78, 5) is 23.7. The van der Waals surface area contributed by atoms with Crippen LogP contribution in [0.3, 0.4) is 0 Å². The second kappa shape index (κ2) is 9.84. The van der Waals surface area contributed by atoms with Gasteiger partial charge in [0.05, 0.1) is 21.5 Å². The number of amides is 3. The third-order valence-electron chi connectivity index (χ3n) is 4.52. The summed E-state index contributed by atoms with van der Waals surface area (Å²) >= 11 is 7.26. The number of carbonyl (C=O) groups is 2. The molecule has 3 amide bonds. The molecule has 0 aliphatic carbocycles. The fraction of sp³-hybridized carbons (Fsp3) is 0.238. The fourth-order valence-corrected chi connectivity index (χ4v) is 4.29. The Bertz CT molecular complexity index is 1180. The number of aromatic nitrogens is 3. The number of nitrogens with zero attached hydrogens (tertiary/aromatic N) is 3. The minimum Gasteiger partial charge on any atom is -0.351 e. The highest BCUT2D eigenvalue weighted by Crippen LogP contribution is 2.36. The van der Waals surface area contributed by atoms with Crippen LogP contribution < -0.4 is 11.1 Å². The van der Waals surface area contributed by atoms with E-state index in [0.717, 1.165) is 23.9 Å². The van der Waals surface area contributed by atoms with Gasteiger partial charge in [-0.3, -0.25) is 14.7 Å². The number of imide groups is 1. The van der Waals surface area contributed by atoms with E-state index in [1.54, 1.807) is 38.1 Å². The number of halogens is 4. The number of urea groups is 1. The van der Waals surface area contributed by atoms with Gasteiger partial charge in [-0.05, 0) is 36.2 Å². The molecule has 0 saturated carbocycles. The quantitative estimate of drug-likeness (QED) is 0.471. The van der Waals surface area contributed by atoms with Crippen LogP contribution in [0, 0.1) is 5.92 Å². The summed E-state index contributed by atoms with van der Waals surface area (Å²) in [5, 5.41) is 9.94. The zero-order valence-corrected chi connectivity index (χ0v) is 19.0. The van der Waals surface area contributed by atoms with Crippen molar-refractivity contribution in [3.05, 3.63) is 59.1 Å². The SMILES string of the molecule is CC(C)C(Sc1nnc(-c2ccccc2Cl)n1-c1cccc(C(F)(F)F)c1)C(=O)NC(N)=O. The minimum atomic E-state index is -4.57. The van der Waals surface area contributed by atoms with Crippen molar-refractivity contribution in [2.45, 2.75) is 30.4 Å². The molecule has 2 aromatic carbocycles. The Morgan fingerprint density at radius 3 is 2.42 bits per heavy atom. The van der Waals surface area contributed by atoms with Crippen LogP contribution >= 0.6 is 23.4 Å². The molecule has 3 aromatic rings. The molecular weight excluding hydrogens is 479 g/mol. The van der Waals surface area contributed by atoms with Crippen LogP contribution in [0.5, 0.6) is 0 Å². The first-order valence-corrected chi connectivity index (χ1v) is 10.9. The highest BCUT2D eigenvalue weighted by atomic mass is 35.5. The number of primary amides is 1. The van der Waals surface area contributed by atoms with Crippen molar-refractivity contribution in [3.8, 4) is 17.1 Å². The van der Waals surface area contributed by atoms with E-state index in [4.69, 9.17) is 17.3 Å². The molecule has 1 heterocycles. The van der Waals surface area contributed by atoms with Crippen molar-refractivity contribution in [1.29, 1.82) is 0 Å². The first kappa shape index (κ1) is 24.6. The Morgan fingerprint density at radius 2 is 1.82 bits per heavy atom. The molecule has 0 aliphatic rings.